The highest BCUT2D eigenvalue weighted by Crippen LogP contribution is 2.28. The maximum atomic E-state index is 12.3. The molecule has 0 aliphatic heterocycles. The van der Waals surface area contributed by atoms with Crippen LogP contribution in [0.15, 0.2) is 18.5 Å². The van der Waals surface area contributed by atoms with Crippen molar-refractivity contribution in [3.05, 3.63) is 28.6 Å². The fourth-order valence-electron chi connectivity index (χ4n) is 1.68. The molecular weight excluding hydrogens is 306 g/mol. The van der Waals surface area contributed by atoms with Crippen molar-refractivity contribution in [2.45, 2.75) is 32.8 Å². The lowest BCUT2D eigenvalue weighted by molar-refractivity contribution is -0.384. The minimum absolute atomic E-state index is 0.00292. The van der Waals surface area contributed by atoms with Crippen molar-refractivity contribution < 1.29 is 24.0 Å². The van der Waals surface area contributed by atoms with E-state index in [0.717, 1.165) is 11.1 Å². The van der Waals surface area contributed by atoms with Crippen LogP contribution in [0.4, 0.5) is 16.2 Å². The summed E-state index contributed by atoms with van der Waals surface area (Å²) in [5, 5.41) is 11.1. The van der Waals surface area contributed by atoms with Crippen LogP contribution >= 0.6 is 0 Å². The van der Waals surface area contributed by atoms with Gasteiger partial charge in [0.05, 0.1) is 18.5 Å². The minimum Gasteiger partial charge on any atom is -0.469 e. The Morgan fingerprint density at radius 1 is 1.39 bits per heavy atom. The van der Waals surface area contributed by atoms with Gasteiger partial charge in [0, 0.05) is 12.7 Å². The van der Waals surface area contributed by atoms with Gasteiger partial charge in [-0.3, -0.25) is 24.8 Å². The third kappa shape index (κ3) is 5.53. The monoisotopic (exact) mass is 325 g/mol. The second-order valence-electron chi connectivity index (χ2n) is 5.58. The summed E-state index contributed by atoms with van der Waals surface area (Å²) >= 11 is 0. The molecule has 1 aromatic rings. The van der Waals surface area contributed by atoms with Crippen molar-refractivity contribution >= 4 is 23.4 Å². The van der Waals surface area contributed by atoms with E-state index in [2.05, 4.69) is 9.72 Å². The van der Waals surface area contributed by atoms with E-state index in [1.807, 2.05) is 0 Å². The van der Waals surface area contributed by atoms with Crippen LogP contribution < -0.4 is 4.90 Å². The zero-order chi connectivity index (χ0) is 17.6. The first-order valence-electron chi connectivity index (χ1n) is 6.81. The molecular formula is C14H19N3O6. The first kappa shape index (κ1) is 18.3. The number of pyridine rings is 1. The van der Waals surface area contributed by atoms with Crippen LogP contribution in [0.5, 0.6) is 0 Å². The van der Waals surface area contributed by atoms with Crippen molar-refractivity contribution in [2.24, 2.45) is 0 Å². The number of carbonyl (C=O) groups excluding carboxylic acids is 2. The zero-order valence-electron chi connectivity index (χ0n) is 13.4. The van der Waals surface area contributed by atoms with Gasteiger partial charge < -0.3 is 9.47 Å². The van der Waals surface area contributed by atoms with E-state index >= 15 is 0 Å². The number of carbonyl (C=O) groups is 2. The molecule has 1 heterocycles. The normalized spacial score (nSPS) is 10.8. The van der Waals surface area contributed by atoms with Gasteiger partial charge in [-0.15, -0.1) is 0 Å². The van der Waals surface area contributed by atoms with E-state index in [4.69, 9.17) is 4.74 Å². The van der Waals surface area contributed by atoms with E-state index in [1.54, 1.807) is 20.8 Å². The number of ether oxygens (including phenoxy) is 2. The van der Waals surface area contributed by atoms with Gasteiger partial charge in [0.2, 0.25) is 0 Å². The Labute approximate surface area is 133 Å². The summed E-state index contributed by atoms with van der Waals surface area (Å²) in [7, 11) is 1.22. The van der Waals surface area contributed by atoms with E-state index < -0.39 is 22.6 Å². The summed E-state index contributed by atoms with van der Waals surface area (Å²) in [5.41, 5.74) is -1.14. The Kier molecular flexibility index (Phi) is 6.00. The molecule has 0 N–H and O–H groups in total. The van der Waals surface area contributed by atoms with E-state index in [9.17, 15) is 19.7 Å². The molecule has 0 saturated carbocycles. The number of nitrogens with zero attached hydrogens (tertiary/aromatic N) is 3. The lowest BCUT2D eigenvalue weighted by atomic mass is 10.2. The fraction of sp³-hybridized carbons (Fsp3) is 0.500. The molecule has 0 aliphatic carbocycles. The summed E-state index contributed by atoms with van der Waals surface area (Å²) < 4.78 is 9.78. The van der Waals surface area contributed by atoms with Crippen molar-refractivity contribution in [3.63, 3.8) is 0 Å². The Morgan fingerprint density at radius 3 is 2.57 bits per heavy atom. The molecule has 126 valence electrons. The van der Waals surface area contributed by atoms with Gasteiger partial charge in [-0.05, 0) is 26.8 Å². The molecule has 9 heteroatoms. The molecule has 0 spiro atoms. The number of esters is 1. The molecule has 0 bridgehead atoms. The average Bonchev–Trinajstić information content (AvgIpc) is 2.45. The molecule has 1 amide bonds. The predicted molar refractivity (Wildman–Crippen MR) is 81.1 cm³/mol. The molecule has 0 fully saturated rings. The molecule has 0 atom stereocenters. The second kappa shape index (κ2) is 7.52. The number of hydrogen-bond donors (Lipinski definition) is 0. The molecule has 1 aromatic heterocycles. The number of hydrogen-bond acceptors (Lipinski definition) is 7. The van der Waals surface area contributed by atoms with Crippen LogP contribution in [0.2, 0.25) is 0 Å². The number of anilines is 1. The van der Waals surface area contributed by atoms with Crippen molar-refractivity contribution in [1.82, 2.24) is 4.98 Å². The van der Waals surface area contributed by atoms with Gasteiger partial charge in [0.1, 0.15) is 17.5 Å². The highest BCUT2D eigenvalue weighted by molar-refractivity contribution is 5.91. The van der Waals surface area contributed by atoms with E-state index in [0.29, 0.717) is 0 Å². The maximum Gasteiger partial charge on any atom is 0.415 e. The molecule has 0 radical (unpaired) electrons. The summed E-state index contributed by atoms with van der Waals surface area (Å²) in [6.45, 7) is 4.89. The molecule has 23 heavy (non-hydrogen) atoms. The van der Waals surface area contributed by atoms with Crippen molar-refractivity contribution in [3.8, 4) is 0 Å². The van der Waals surface area contributed by atoms with E-state index in [-0.39, 0.29) is 24.3 Å². The molecule has 0 aromatic carbocycles. The third-order valence-corrected chi connectivity index (χ3v) is 2.65. The van der Waals surface area contributed by atoms with Gasteiger partial charge in [0.15, 0.2) is 0 Å². The zero-order valence-corrected chi connectivity index (χ0v) is 13.4. The van der Waals surface area contributed by atoms with Gasteiger partial charge in [-0.2, -0.15) is 0 Å². The number of aromatic nitrogens is 1. The van der Waals surface area contributed by atoms with Crippen LogP contribution in [0, 0.1) is 10.1 Å². The molecule has 9 nitrogen and oxygen atoms in total. The van der Waals surface area contributed by atoms with Crippen LogP contribution in [0.1, 0.15) is 27.2 Å². The van der Waals surface area contributed by atoms with Gasteiger partial charge in [-0.1, -0.05) is 0 Å². The van der Waals surface area contributed by atoms with Crippen LogP contribution in [-0.2, 0) is 14.3 Å². The lowest BCUT2D eigenvalue weighted by Crippen LogP contribution is -2.38. The maximum absolute atomic E-state index is 12.3. The van der Waals surface area contributed by atoms with Crippen LogP contribution in [0.25, 0.3) is 0 Å². The third-order valence-electron chi connectivity index (χ3n) is 2.65. The highest BCUT2D eigenvalue weighted by atomic mass is 16.6. The first-order valence-corrected chi connectivity index (χ1v) is 6.81. The Hall–Kier alpha value is -2.71. The van der Waals surface area contributed by atoms with Crippen molar-refractivity contribution in [1.29, 1.82) is 0 Å². The number of nitro groups is 1. The average molecular weight is 325 g/mol. The SMILES string of the molecule is COC(=O)CCN(C(=O)OC(C)(C)C)c1ccncc1[N+](=O)[O-]. The largest absolute Gasteiger partial charge is 0.469 e. The van der Waals surface area contributed by atoms with Crippen LogP contribution in [-0.4, -0.2) is 41.2 Å². The Morgan fingerprint density at radius 2 is 2.04 bits per heavy atom. The summed E-state index contributed by atoms with van der Waals surface area (Å²) in [6, 6.07) is 1.32. The lowest BCUT2D eigenvalue weighted by Gasteiger charge is -2.26. The van der Waals surface area contributed by atoms with Crippen LogP contribution in [0.3, 0.4) is 0 Å². The summed E-state index contributed by atoms with van der Waals surface area (Å²) in [5.74, 6) is -0.546. The smallest absolute Gasteiger partial charge is 0.415 e. The first-order chi connectivity index (χ1) is 10.7. The topological polar surface area (TPSA) is 112 Å². The Balaban J connectivity index is 3.15. The second-order valence-corrected chi connectivity index (χ2v) is 5.58. The number of rotatable bonds is 5. The molecule has 1 rings (SSSR count). The summed E-state index contributed by atoms with van der Waals surface area (Å²) in [6.07, 6.45) is 1.42. The fourth-order valence-corrected chi connectivity index (χ4v) is 1.68. The minimum atomic E-state index is -0.796. The standard InChI is InChI=1S/C14H19N3O6/c1-14(2,3)23-13(19)16(8-6-12(18)22-4)10-5-7-15-9-11(10)17(20)21/h5,7,9H,6,8H2,1-4H3. The van der Waals surface area contributed by atoms with Crippen molar-refractivity contribution in [2.75, 3.05) is 18.6 Å². The van der Waals surface area contributed by atoms with Gasteiger partial charge in [-0.25, -0.2) is 4.79 Å². The number of methoxy groups -OCH3 is 1. The van der Waals surface area contributed by atoms with Gasteiger partial charge in [0.25, 0.3) is 0 Å². The quantitative estimate of drug-likeness (QED) is 0.463. The highest BCUT2D eigenvalue weighted by Gasteiger charge is 2.29. The molecule has 0 saturated heterocycles. The molecule has 0 unspecified atom stereocenters. The molecule has 0 aliphatic rings. The predicted octanol–water partition coefficient (Wildman–Crippen LogP) is 2.29. The Bertz CT molecular complexity index is 596. The van der Waals surface area contributed by atoms with Gasteiger partial charge >= 0.3 is 17.7 Å². The van der Waals surface area contributed by atoms with E-state index in [1.165, 1.54) is 19.4 Å². The number of amides is 1. The summed E-state index contributed by atoms with van der Waals surface area (Å²) in [4.78, 5) is 38.9.